The molecule has 1 rings (SSSR count). The Morgan fingerprint density at radius 2 is 2.21 bits per heavy atom. The number of hydrogen-bond acceptors (Lipinski definition) is 7. The molecule has 8 heteroatoms. The van der Waals surface area contributed by atoms with Gasteiger partial charge in [-0.15, -0.1) is 0 Å². The predicted octanol–water partition coefficient (Wildman–Crippen LogP) is 1.66. The first-order valence-electron chi connectivity index (χ1n) is 6.17. The average molecular weight is 269 g/mol. The minimum atomic E-state index is -0.498. The van der Waals surface area contributed by atoms with Gasteiger partial charge in [0.15, 0.2) is 0 Å². The maximum absolute atomic E-state index is 10.9. The van der Waals surface area contributed by atoms with Crippen molar-refractivity contribution in [3.8, 4) is 0 Å². The first kappa shape index (κ1) is 15.1. The number of aromatic nitrogens is 2. The molecule has 0 fully saturated rings. The van der Waals surface area contributed by atoms with Crippen LogP contribution in [0.4, 0.5) is 17.5 Å². The van der Waals surface area contributed by atoms with Crippen LogP contribution < -0.4 is 10.6 Å². The van der Waals surface area contributed by atoms with Crippen LogP contribution in [0.15, 0.2) is 6.20 Å². The highest BCUT2D eigenvalue weighted by molar-refractivity contribution is 5.56. The van der Waals surface area contributed by atoms with E-state index >= 15 is 0 Å². The van der Waals surface area contributed by atoms with E-state index in [2.05, 4.69) is 20.6 Å². The summed E-state index contributed by atoms with van der Waals surface area (Å²) in [6.07, 6.45) is 2.88. The standard InChI is InChI=1S/C11H19N5O3/c1-3-5-13-11-14-8-9(16(17)18)10(15-11)12-6-4-7-19-2/h8H,3-7H2,1-2H3,(H2,12,13,14,15). The third kappa shape index (κ3) is 5.04. The molecule has 0 aliphatic heterocycles. The molecule has 1 aromatic heterocycles. The summed E-state index contributed by atoms with van der Waals surface area (Å²) >= 11 is 0. The molecule has 8 nitrogen and oxygen atoms in total. The molecule has 0 spiro atoms. The first-order valence-corrected chi connectivity index (χ1v) is 6.17. The van der Waals surface area contributed by atoms with Crippen molar-refractivity contribution in [2.24, 2.45) is 0 Å². The Bertz CT molecular complexity index is 413. The molecular weight excluding hydrogens is 250 g/mol. The predicted molar refractivity (Wildman–Crippen MR) is 72.4 cm³/mol. The number of nitrogens with zero attached hydrogens (tertiary/aromatic N) is 3. The number of ether oxygens (including phenoxy) is 1. The van der Waals surface area contributed by atoms with Crippen LogP contribution in [0.5, 0.6) is 0 Å². The Morgan fingerprint density at radius 3 is 2.84 bits per heavy atom. The summed E-state index contributed by atoms with van der Waals surface area (Å²) in [5, 5.41) is 16.8. The zero-order valence-corrected chi connectivity index (χ0v) is 11.2. The molecule has 0 saturated heterocycles. The molecule has 1 heterocycles. The fourth-order valence-electron chi connectivity index (χ4n) is 1.38. The lowest BCUT2D eigenvalue weighted by Gasteiger charge is -2.08. The highest BCUT2D eigenvalue weighted by Crippen LogP contribution is 2.21. The SMILES string of the molecule is CCCNc1ncc([N+](=O)[O-])c(NCCCOC)n1. The Kier molecular flexibility index (Phi) is 6.51. The Morgan fingerprint density at radius 1 is 1.42 bits per heavy atom. The summed E-state index contributed by atoms with van der Waals surface area (Å²) in [6.45, 7) is 3.88. The van der Waals surface area contributed by atoms with Crippen LogP contribution in [0.25, 0.3) is 0 Å². The molecule has 19 heavy (non-hydrogen) atoms. The van der Waals surface area contributed by atoms with Gasteiger partial charge in [0.1, 0.15) is 6.20 Å². The van der Waals surface area contributed by atoms with Gasteiger partial charge in [-0.2, -0.15) is 4.98 Å². The van der Waals surface area contributed by atoms with Crippen molar-refractivity contribution in [3.05, 3.63) is 16.3 Å². The number of rotatable bonds is 9. The second-order valence-corrected chi connectivity index (χ2v) is 3.88. The lowest BCUT2D eigenvalue weighted by molar-refractivity contribution is -0.384. The Balaban J connectivity index is 2.74. The first-order chi connectivity index (χ1) is 9.19. The van der Waals surface area contributed by atoms with E-state index < -0.39 is 4.92 Å². The topological polar surface area (TPSA) is 102 Å². The summed E-state index contributed by atoms with van der Waals surface area (Å²) in [4.78, 5) is 18.4. The summed E-state index contributed by atoms with van der Waals surface area (Å²) in [6, 6.07) is 0. The summed E-state index contributed by atoms with van der Waals surface area (Å²) in [7, 11) is 1.61. The van der Waals surface area contributed by atoms with Crippen LogP contribution in [0.3, 0.4) is 0 Å². The van der Waals surface area contributed by atoms with Gasteiger partial charge in [-0.1, -0.05) is 6.92 Å². The zero-order chi connectivity index (χ0) is 14.1. The van der Waals surface area contributed by atoms with Crippen LogP contribution in [0.2, 0.25) is 0 Å². The van der Waals surface area contributed by atoms with E-state index in [1.54, 1.807) is 7.11 Å². The van der Waals surface area contributed by atoms with E-state index in [1.165, 1.54) is 6.20 Å². The van der Waals surface area contributed by atoms with E-state index in [-0.39, 0.29) is 11.5 Å². The monoisotopic (exact) mass is 269 g/mol. The molecule has 0 saturated carbocycles. The molecule has 0 radical (unpaired) electrons. The maximum atomic E-state index is 10.9. The third-order valence-electron chi connectivity index (χ3n) is 2.32. The quantitative estimate of drug-likeness (QED) is 0.399. The zero-order valence-electron chi connectivity index (χ0n) is 11.2. The van der Waals surface area contributed by atoms with Gasteiger partial charge >= 0.3 is 5.69 Å². The average Bonchev–Trinajstić information content (AvgIpc) is 2.41. The van der Waals surface area contributed by atoms with Crippen molar-refractivity contribution >= 4 is 17.5 Å². The van der Waals surface area contributed by atoms with Gasteiger partial charge in [0.25, 0.3) is 0 Å². The van der Waals surface area contributed by atoms with Gasteiger partial charge in [0.05, 0.1) is 4.92 Å². The van der Waals surface area contributed by atoms with Crippen molar-refractivity contribution in [2.45, 2.75) is 19.8 Å². The summed E-state index contributed by atoms with van der Waals surface area (Å²) < 4.78 is 4.92. The number of methoxy groups -OCH3 is 1. The second-order valence-electron chi connectivity index (χ2n) is 3.88. The highest BCUT2D eigenvalue weighted by Gasteiger charge is 2.16. The van der Waals surface area contributed by atoms with E-state index in [4.69, 9.17) is 4.74 Å². The van der Waals surface area contributed by atoms with Crippen LogP contribution in [0.1, 0.15) is 19.8 Å². The van der Waals surface area contributed by atoms with Crippen molar-refractivity contribution in [2.75, 3.05) is 37.4 Å². The molecule has 0 amide bonds. The van der Waals surface area contributed by atoms with E-state index in [0.717, 1.165) is 19.4 Å². The van der Waals surface area contributed by atoms with E-state index in [0.29, 0.717) is 19.1 Å². The fraction of sp³-hybridized carbons (Fsp3) is 0.636. The summed E-state index contributed by atoms with van der Waals surface area (Å²) in [5.41, 5.74) is -0.125. The van der Waals surface area contributed by atoms with Crippen molar-refractivity contribution in [3.63, 3.8) is 0 Å². The molecule has 0 unspecified atom stereocenters. The number of nitrogens with one attached hydrogen (secondary N) is 2. The van der Waals surface area contributed by atoms with Gasteiger partial charge in [-0.3, -0.25) is 10.1 Å². The molecule has 1 aromatic rings. The molecule has 2 N–H and O–H groups in total. The lowest BCUT2D eigenvalue weighted by atomic mass is 10.4. The van der Waals surface area contributed by atoms with Crippen LogP contribution in [-0.4, -0.2) is 41.7 Å². The number of anilines is 2. The van der Waals surface area contributed by atoms with Gasteiger partial charge in [-0.25, -0.2) is 4.98 Å². The van der Waals surface area contributed by atoms with Crippen molar-refractivity contribution in [1.29, 1.82) is 0 Å². The number of nitro groups is 1. The van der Waals surface area contributed by atoms with Crippen LogP contribution in [0, 0.1) is 10.1 Å². The normalized spacial score (nSPS) is 10.2. The second kappa shape index (κ2) is 8.20. The minimum absolute atomic E-state index is 0.125. The molecule has 106 valence electrons. The molecule has 0 bridgehead atoms. The highest BCUT2D eigenvalue weighted by atomic mass is 16.6. The summed E-state index contributed by atoms with van der Waals surface area (Å²) in [5.74, 6) is 0.622. The molecule has 0 aromatic carbocycles. The molecule has 0 aliphatic rings. The lowest BCUT2D eigenvalue weighted by Crippen LogP contribution is -2.11. The molecular formula is C11H19N5O3. The van der Waals surface area contributed by atoms with E-state index in [1.807, 2.05) is 6.92 Å². The van der Waals surface area contributed by atoms with Gasteiger partial charge in [0.2, 0.25) is 11.8 Å². The molecule has 0 aliphatic carbocycles. The number of hydrogen-bond donors (Lipinski definition) is 2. The Labute approximate surface area is 111 Å². The van der Waals surface area contributed by atoms with E-state index in [9.17, 15) is 10.1 Å². The van der Waals surface area contributed by atoms with Crippen molar-refractivity contribution < 1.29 is 9.66 Å². The third-order valence-corrected chi connectivity index (χ3v) is 2.32. The maximum Gasteiger partial charge on any atom is 0.329 e. The van der Waals surface area contributed by atoms with Crippen LogP contribution in [-0.2, 0) is 4.74 Å². The molecule has 0 atom stereocenters. The van der Waals surface area contributed by atoms with Gasteiger partial charge in [-0.05, 0) is 12.8 Å². The minimum Gasteiger partial charge on any atom is -0.385 e. The van der Waals surface area contributed by atoms with Crippen molar-refractivity contribution in [1.82, 2.24) is 9.97 Å². The van der Waals surface area contributed by atoms with Gasteiger partial charge < -0.3 is 15.4 Å². The Hall–Kier alpha value is -1.96. The smallest absolute Gasteiger partial charge is 0.329 e. The van der Waals surface area contributed by atoms with Crippen LogP contribution >= 0.6 is 0 Å². The fourth-order valence-corrected chi connectivity index (χ4v) is 1.38. The largest absolute Gasteiger partial charge is 0.385 e. The van der Waals surface area contributed by atoms with Gasteiger partial charge in [0, 0.05) is 26.8 Å².